The van der Waals surface area contributed by atoms with Crippen molar-refractivity contribution in [2.75, 3.05) is 46.0 Å². The van der Waals surface area contributed by atoms with Gasteiger partial charge in [-0.2, -0.15) is 8.42 Å². The van der Waals surface area contributed by atoms with Crippen molar-refractivity contribution in [1.82, 2.24) is 19.5 Å². The zero-order valence-corrected chi connectivity index (χ0v) is 44.1. The normalized spacial score (nSPS) is 13.6. The number of amides is 1. The van der Waals surface area contributed by atoms with Crippen LogP contribution < -0.4 is 14.8 Å². The summed E-state index contributed by atoms with van der Waals surface area (Å²) in [5.74, 6) is 0.948. The van der Waals surface area contributed by atoms with Crippen molar-refractivity contribution in [3.63, 3.8) is 0 Å². The van der Waals surface area contributed by atoms with Gasteiger partial charge in [0.2, 0.25) is 0 Å². The molecule has 380 valence electrons. The fourth-order valence-electron chi connectivity index (χ4n) is 9.61. The number of aromatic nitrogens is 4. The summed E-state index contributed by atoms with van der Waals surface area (Å²) in [4.78, 5) is 26.9. The smallest absolute Gasteiger partial charge is 0.297 e. The number of aliphatic hydroxyl groups excluding tert-OH is 1. The summed E-state index contributed by atoms with van der Waals surface area (Å²) in [5.41, 5.74) is 1.12. The lowest BCUT2D eigenvalue weighted by atomic mass is 9.79. The molecule has 0 radical (unpaired) electrons. The van der Waals surface area contributed by atoms with Crippen LogP contribution in [0.15, 0.2) is 151 Å². The maximum absolute atomic E-state index is 14.0. The summed E-state index contributed by atoms with van der Waals surface area (Å²) in [7, 11) is -3.93. The quantitative estimate of drug-likeness (QED) is 0.0332. The molecule has 5 aromatic carbocycles. The number of anilines is 1. The van der Waals surface area contributed by atoms with E-state index in [2.05, 4.69) is 61.8 Å². The van der Waals surface area contributed by atoms with E-state index in [0.29, 0.717) is 17.1 Å². The molecule has 0 spiro atoms. The van der Waals surface area contributed by atoms with Crippen LogP contribution >= 0.6 is 0 Å². The monoisotopic (exact) mass is 1020 g/mol. The van der Waals surface area contributed by atoms with Crippen molar-refractivity contribution in [1.29, 1.82) is 0 Å². The van der Waals surface area contributed by atoms with Gasteiger partial charge in [0.25, 0.3) is 16.0 Å². The van der Waals surface area contributed by atoms with Crippen LogP contribution in [0.5, 0.6) is 11.5 Å². The Kier molecular flexibility index (Phi) is 17.1. The first-order valence-corrected chi connectivity index (χ1v) is 27.5. The number of carbonyl (C=O) groups excluding carboxylic acids is 1. The van der Waals surface area contributed by atoms with Gasteiger partial charge in [-0.05, 0) is 88.8 Å². The Balaban J connectivity index is 1.41. The van der Waals surface area contributed by atoms with E-state index in [-0.39, 0.29) is 51.7 Å². The Labute approximate surface area is 423 Å². The molecule has 15 nitrogen and oxygen atoms in total. The Morgan fingerprint density at radius 1 is 0.708 bits per heavy atom. The summed E-state index contributed by atoms with van der Waals surface area (Å²) in [6, 6.07) is 39.8. The maximum atomic E-state index is 14.0. The van der Waals surface area contributed by atoms with Gasteiger partial charge in [-0.3, -0.25) is 13.5 Å². The summed E-state index contributed by atoms with van der Waals surface area (Å²) in [5, 5.41) is 15.0. The van der Waals surface area contributed by atoms with E-state index in [1.807, 2.05) is 91.9 Å². The third-order valence-corrected chi connectivity index (χ3v) is 20.7. The van der Waals surface area contributed by atoms with Crippen molar-refractivity contribution in [2.24, 2.45) is 0 Å². The Hall–Kier alpha value is -6.31. The van der Waals surface area contributed by atoms with Crippen molar-refractivity contribution in [3.8, 4) is 11.5 Å². The second-order valence-electron chi connectivity index (χ2n) is 18.7. The minimum atomic E-state index is -4.40. The van der Waals surface area contributed by atoms with E-state index < -0.39 is 55.0 Å². The molecule has 0 saturated heterocycles. The Bertz CT molecular complexity index is 2910. The van der Waals surface area contributed by atoms with E-state index in [0.717, 1.165) is 22.3 Å². The molecule has 0 aliphatic heterocycles. The molecule has 2 N–H and O–H groups in total. The number of hydrogen-bond donors (Lipinski definition) is 2. The molecule has 7 rings (SSSR count). The largest absolute Gasteiger partial charge is 0.497 e. The number of methoxy groups -OCH3 is 2. The molecule has 2 atom stereocenters. The molecule has 0 saturated carbocycles. The molecule has 72 heavy (non-hydrogen) atoms. The zero-order valence-electron chi connectivity index (χ0n) is 42.3. The average Bonchev–Trinajstić information content (AvgIpc) is 3.83. The van der Waals surface area contributed by atoms with Crippen LogP contribution in [0.4, 0.5) is 5.82 Å². The number of aliphatic hydroxyl groups is 1. The molecule has 0 bridgehead atoms. The van der Waals surface area contributed by atoms with Gasteiger partial charge >= 0.3 is 0 Å². The number of nitrogens with zero attached hydrogens (tertiary/aromatic N) is 4. The number of imidazole rings is 1. The van der Waals surface area contributed by atoms with Gasteiger partial charge in [-0.1, -0.05) is 132 Å². The summed E-state index contributed by atoms with van der Waals surface area (Å²) >= 11 is 0. The van der Waals surface area contributed by atoms with Crippen molar-refractivity contribution >= 4 is 41.3 Å². The van der Waals surface area contributed by atoms with Gasteiger partial charge in [-0.15, -0.1) is 0 Å². The fourth-order valence-corrected chi connectivity index (χ4v) is 16.0. The average molecular weight is 1020 g/mol. The fraction of sp³-hybridized carbons (Fsp3) is 0.345. The van der Waals surface area contributed by atoms with Crippen LogP contribution in [-0.2, 0) is 33.8 Å². The molecule has 0 fully saturated rings. The van der Waals surface area contributed by atoms with Gasteiger partial charge in [0.1, 0.15) is 35.6 Å². The zero-order chi connectivity index (χ0) is 51.7. The van der Waals surface area contributed by atoms with E-state index in [1.165, 1.54) is 29.4 Å². The number of rotatable bonds is 24. The van der Waals surface area contributed by atoms with E-state index >= 15 is 0 Å². The first-order chi connectivity index (χ1) is 34.5. The number of fused-ring (bicyclic) bond motifs is 1. The van der Waals surface area contributed by atoms with Crippen molar-refractivity contribution in [2.45, 2.75) is 87.4 Å². The standard InChI is InChI=1S/C55H65N5O10SSi/c1-38(2)72(39(3)4,40(5)6)69-35-54(33-61,34-67-55(43-18-14-11-15-19-43,44-22-26-46(65-8)27-23-44)45-24-28-47(66-9)29-25-45)70-49(32-68-71(63,64)48-30-20-41(7)21-31-48)60-37-58-50-51(56-36-57-52(50)60)59-53(62)42-16-12-10-13-17-42/h10-31,36-40,49,61H,32-35H2,1-9H3,(H,56,57,59,62)/t49?,54-/m0/s1. The molecule has 1 amide bonds. The van der Waals surface area contributed by atoms with Crippen LogP contribution in [0.2, 0.25) is 16.6 Å². The van der Waals surface area contributed by atoms with Crippen molar-refractivity contribution in [3.05, 3.63) is 174 Å². The van der Waals surface area contributed by atoms with E-state index in [1.54, 1.807) is 50.6 Å². The molecule has 0 aliphatic rings. The van der Waals surface area contributed by atoms with Crippen LogP contribution in [0.1, 0.15) is 80.4 Å². The molecule has 2 heterocycles. The Morgan fingerprint density at radius 3 is 1.78 bits per heavy atom. The topological polar surface area (TPSA) is 182 Å². The van der Waals surface area contributed by atoms with Crippen LogP contribution in [0.3, 0.4) is 0 Å². The molecule has 17 heteroatoms. The first kappa shape index (κ1) is 53.5. The number of carbonyl (C=O) groups is 1. The number of nitrogens with one attached hydrogen (secondary N) is 1. The van der Waals surface area contributed by atoms with E-state index in [9.17, 15) is 18.3 Å². The summed E-state index contributed by atoms with van der Waals surface area (Å²) in [6.07, 6.45) is 1.29. The van der Waals surface area contributed by atoms with Crippen molar-refractivity contribution < 1.29 is 45.9 Å². The predicted octanol–water partition coefficient (Wildman–Crippen LogP) is 10.3. The van der Waals surface area contributed by atoms with Gasteiger partial charge < -0.3 is 33.8 Å². The van der Waals surface area contributed by atoms with Gasteiger partial charge in [0.05, 0.1) is 45.3 Å². The lowest BCUT2D eigenvalue weighted by Crippen LogP contribution is -2.56. The van der Waals surface area contributed by atoms with Crippen LogP contribution in [-0.4, -0.2) is 93.5 Å². The molecular formula is C55H65N5O10SSi. The second-order valence-corrected chi connectivity index (χ2v) is 25.8. The number of hydrogen-bond acceptors (Lipinski definition) is 13. The maximum Gasteiger partial charge on any atom is 0.297 e. The third kappa shape index (κ3) is 11.3. The molecular weight excluding hydrogens is 951 g/mol. The van der Waals surface area contributed by atoms with Gasteiger partial charge in [0.15, 0.2) is 31.5 Å². The highest BCUT2D eigenvalue weighted by Gasteiger charge is 2.49. The molecule has 1 unspecified atom stereocenters. The van der Waals surface area contributed by atoms with Crippen LogP contribution in [0.25, 0.3) is 11.2 Å². The van der Waals surface area contributed by atoms with Gasteiger partial charge in [-0.25, -0.2) is 15.0 Å². The Morgan fingerprint density at radius 2 is 1.25 bits per heavy atom. The SMILES string of the molecule is COc1ccc(C(OC[C@@](CO)(CO[Si](C(C)C)(C(C)C)C(C)C)OC(COS(=O)(=O)c2ccc(C)cc2)n2cnc3c(NC(=O)c4ccccc4)ncnc32)(c2ccccc2)c2ccc(OC)cc2)cc1. The lowest BCUT2D eigenvalue weighted by molar-refractivity contribution is -0.208. The molecule has 0 aliphatic carbocycles. The highest BCUT2D eigenvalue weighted by Crippen LogP contribution is 2.46. The predicted molar refractivity (Wildman–Crippen MR) is 279 cm³/mol. The minimum Gasteiger partial charge on any atom is -0.497 e. The lowest BCUT2D eigenvalue weighted by Gasteiger charge is -2.46. The number of benzene rings is 5. The highest BCUT2D eigenvalue weighted by molar-refractivity contribution is 7.86. The molecule has 2 aromatic heterocycles. The van der Waals surface area contributed by atoms with Gasteiger partial charge in [0, 0.05) is 5.56 Å². The number of aryl methyl sites for hydroxylation is 1. The third-order valence-electron chi connectivity index (χ3n) is 13.3. The second kappa shape index (κ2) is 23.1. The summed E-state index contributed by atoms with van der Waals surface area (Å²) in [6.45, 7) is 13.0. The number of ether oxygens (including phenoxy) is 4. The van der Waals surface area contributed by atoms with Crippen LogP contribution in [0, 0.1) is 6.92 Å². The first-order valence-electron chi connectivity index (χ1n) is 23.9. The minimum absolute atomic E-state index is 0.0659. The summed E-state index contributed by atoms with van der Waals surface area (Å²) < 4.78 is 68.8. The molecule has 7 aromatic rings. The highest BCUT2D eigenvalue weighted by atomic mass is 32.2. The van der Waals surface area contributed by atoms with E-state index in [4.69, 9.17) is 27.6 Å².